The fraction of sp³-hybridized carbons (Fsp3) is 0.368. The molecule has 26 heavy (non-hydrogen) atoms. The van der Waals surface area contributed by atoms with Crippen LogP contribution in [0.15, 0.2) is 35.4 Å². The van der Waals surface area contributed by atoms with Crippen molar-refractivity contribution in [3.8, 4) is 11.4 Å². The number of halogens is 2. The summed E-state index contributed by atoms with van der Waals surface area (Å²) >= 11 is 0. The van der Waals surface area contributed by atoms with Gasteiger partial charge >= 0.3 is 0 Å². The zero-order chi connectivity index (χ0) is 16.7. The number of rotatable bonds is 2. The average Bonchev–Trinajstić information content (AvgIpc) is 3.05. The molecule has 1 aromatic carbocycles. The van der Waals surface area contributed by atoms with E-state index in [1.165, 1.54) is 5.56 Å². The molecule has 0 saturated carbocycles. The lowest BCUT2D eigenvalue weighted by Gasteiger charge is -2.25. The van der Waals surface area contributed by atoms with Crippen LogP contribution in [0.3, 0.4) is 0 Å². The summed E-state index contributed by atoms with van der Waals surface area (Å²) in [5.41, 5.74) is 3.76. The molecule has 2 N–H and O–H groups in total. The molecule has 0 aliphatic carbocycles. The van der Waals surface area contributed by atoms with Gasteiger partial charge in [0.05, 0.1) is 11.1 Å². The van der Waals surface area contributed by atoms with Gasteiger partial charge in [-0.05, 0) is 56.3 Å². The summed E-state index contributed by atoms with van der Waals surface area (Å²) in [7, 11) is 0. The van der Waals surface area contributed by atoms with Crippen molar-refractivity contribution in [3.63, 3.8) is 0 Å². The summed E-state index contributed by atoms with van der Waals surface area (Å²) in [4.78, 5) is 20.2. The fourth-order valence-electron chi connectivity index (χ4n) is 3.74. The van der Waals surface area contributed by atoms with E-state index in [0.29, 0.717) is 11.6 Å². The van der Waals surface area contributed by atoms with Crippen molar-refractivity contribution in [1.29, 1.82) is 0 Å². The number of nitrogens with zero attached hydrogens (tertiary/aromatic N) is 2. The van der Waals surface area contributed by atoms with Gasteiger partial charge in [0.15, 0.2) is 0 Å². The molecule has 3 aromatic rings. The molecule has 3 heterocycles. The number of aryl methyl sites for hydroxylation is 2. The first-order chi connectivity index (χ1) is 11.6. The maximum atomic E-state index is 12.7. The molecule has 5 nitrogen and oxygen atoms in total. The highest BCUT2D eigenvalue weighted by Gasteiger charge is 2.20. The fourth-order valence-corrected chi connectivity index (χ4v) is 3.74. The predicted octanol–water partition coefficient (Wildman–Crippen LogP) is 3.78. The average molecular weight is 395 g/mol. The van der Waals surface area contributed by atoms with Gasteiger partial charge in [-0.1, -0.05) is 11.6 Å². The minimum Gasteiger partial charge on any atom is -0.326 e. The third kappa shape index (κ3) is 3.65. The van der Waals surface area contributed by atoms with E-state index in [1.54, 1.807) is 6.20 Å². The van der Waals surface area contributed by atoms with Crippen molar-refractivity contribution in [3.05, 3.63) is 52.1 Å². The van der Waals surface area contributed by atoms with Crippen LogP contribution in [-0.2, 0) is 0 Å². The number of hydrogen-bond donors (Lipinski definition) is 2. The van der Waals surface area contributed by atoms with Gasteiger partial charge in [-0.3, -0.25) is 4.79 Å². The highest BCUT2D eigenvalue weighted by atomic mass is 35.5. The molecule has 1 saturated heterocycles. The number of benzene rings is 1. The molecule has 1 atom stereocenters. The van der Waals surface area contributed by atoms with Gasteiger partial charge in [-0.15, -0.1) is 24.8 Å². The van der Waals surface area contributed by atoms with Gasteiger partial charge in [-0.2, -0.15) is 0 Å². The number of piperidine rings is 1. The van der Waals surface area contributed by atoms with E-state index < -0.39 is 0 Å². The normalized spacial score (nSPS) is 16.8. The maximum Gasteiger partial charge on any atom is 0.259 e. The van der Waals surface area contributed by atoms with E-state index in [2.05, 4.69) is 38.9 Å². The minimum absolute atomic E-state index is 0. The van der Waals surface area contributed by atoms with E-state index in [-0.39, 0.29) is 30.4 Å². The minimum atomic E-state index is -0.0781. The number of H-pyrrole nitrogens is 1. The first kappa shape index (κ1) is 20.5. The molecule has 2 aromatic heterocycles. The number of aromatic nitrogens is 3. The molecule has 0 spiro atoms. The summed E-state index contributed by atoms with van der Waals surface area (Å²) in [5.74, 6) is 0.756. The molecule has 1 unspecified atom stereocenters. The second-order valence-corrected chi connectivity index (χ2v) is 6.72. The van der Waals surface area contributed by atoms with Crippen molar-refractivity contribution in [2.24, 2.45) is 0 Å². The SMILES string of the molecule is Cc1cc(C)c2[nH]c(=O)c(-c3nccn3C3CCCNC3)cc2c1.Cl.Cl. The molecule has 1 aliphatic rings. The molecule has 4 rings (SSSR count). The van der Waals surface area contributed by atoms with E-state index >= 15 is 0 Å². The Morgan fingerprint density at radius 2 is 2.00 bits per heavy atom. The van der Waals surface area contributed by atoms with Gasteiger partial charge in [-0.25, -0.2) is 4.98 Å². The molecule has 0 bridgehead atoms. The van der Waals surface area contributed by atoms with Gasteiger partial charge in [0.1, 0.15) is 5.82 Å². The lowest BCUT2D eigenvalue weighted by Crippen LogP contribution is -2.32. The van der Waals surface area contributed by atoms with E-state index in [1.807, 2.05) is 19.2 Å². The summed E-state index contributed by atoms with van der Waals surface area (Å²) in [6.07, 6.45) is 6.03. The Hall–Kier alpha value is -1.82. The smallest absolute Gasteiger partial charge is 0.259 e. The zero-order valence-electron chi connectivity index (χ0n) is 14.9. The quantitative estimate of drug-likeness (QED) is 0.694. The number of hydrogen-bond acceptors (Lipinski definition) is 3. The molecule has 0 radical (unpaired) electrons. The second-order valence-electron chi connectivity index (χ2n) is 6.72. The van der Waals surface area contributed by atoms with E-state index in [0.717, 1.165) is 48.2 Å². The number of pyridine rings is 1. The molecule has 7 heteroatoms. The largest absolute Gasteiger partial charge is 0.326 e. The number of nitrogens with one attached hydrogen (secondary N) is 2. The number of imidazole rings is 1. The van der Waals surface area contributed by atoms with Crippen LogP contribution < -0.4 is 10.9 Å². The van der Waals surface area contributed by atoms with Crippen molar-refractivity contribution in [2.45, 2.75) is 32.7 Å². The third-order valence-corrected chi connectivity index (χ3v) is 4.87. The van der Waals surface area contributed by atoms with Crippen LogP contribution >= 0.6 is 24.8 Å². The molecular weight excluding hydrogens is 371 g/mol. The first-order valence-electron chi connectivity index (χ1n) is 8.51. The van der Waals surface area contributed by atoms with Crippen LogP contribution in [0.5, 0.6) is 0 Å². The summed E-state index contributed by atoms with van der Waals surface area (Å²) in [5, 5.41) is 4.48. The predicted molar refractivity (Wildman–Crippen MR) is 111 cm³/mol. The van der Waals surface area contributed by atoms with Gasteiger partial charge in [0.25, 0.3) is 5.56 Å². The van der Waals surface area contributed by atoms with Gasteiger partial charge in [0.2, 0.25) is 0 Å². The number of fused-ring (bicyclic) bond motifs is 1. The molecule has 140 valence electrons. The zero-order valence-corrected chi connectivity index (χ0v) is 16.5. The van der Waals surface area contributed by atoms with E-state index in [4.69, 9.17) is 0 Å². The van der Waals surface area contributed by atoms with Gasteiger partial charge < -0.3 is 14.9 Å². The Kier molecular flexibility index (Phi) is 6.50. The standard InChI is InChI=1S/C19H22N4O.2ClH/c1-12-8-13(2)17-14(9-12)10-16(19(24)22-17)18-21-6-7-23(18)15-4-3-5-20-11-15;;/h6-10,15,20H,3-5,11H2,1-2H3,(H,22,24);2*1H. The van der Waals surface area contributed by atoms with Crippen molar-refractivity contribution < 1.29 is 0 Å². The van der Waals surface area contributed by atoms with Crippen LogP contribution in [0.2, 0.25) is 0 Å². The molecule has 1 aliphatic heterocycles. The van der Waals surface area contributed by atoms with Crippen LogP contribution in [-0.4, -0.2) is 27.6 Å². The van der Waals surface area contributed by atoms with Crippen molar-refractivity contribution in [2.75, 3.05) is 13.1 Å². The molecule has 1 fully saturated rings. The summed E-state index contributed by atoms with van der Waals surface area (Å²) in [6, 6.07) is 6.53. The van der Waals surface area contributed by atoms with Gasteiger partial charge in [0, 0.05) is 25.0 Å². The van der Waals surface area contributed by atoms with Crippen LogP contribution in [0.25, 0.3) is 22.3 Å². The number of aromatic amines is 1. The maximum absolute atomic E-state index is 12.7. The lowest BCUT2D eigenvalue weighted by atomic mass is 10.0. The molecular formula is C19H24Cl2N4O. The Balaban J connectivity index is 0.00000121. The summed E-state index contributed by atoms with van der Waals surface area (Å²) < 4.78 is 2.14. The van der Waals surface area contributed by atoms with Crippen molar-refractivity contribution >= 4 is 35.7 Å². The topological polar surface area (TPSA) is 62.7 Å². The Bertz CT molecular complexity index is 958. The monoisotopic (exact) mass is 394 g/mol. The highest BCUT2D eigenvalue weighted by Crippen LogP contribution is 2.26. The third-order valence-electron chi connectivity index (χ3n) is 4.87. The Morgan fingerprint density at radius 3 is 2.73 bits per heavy atom. The van der Waals surface area contributed by atoms with Crippen LogP contribution in [0, 0.1) is 13.8 Å². The second kappa shape index (κ2) is 8.25. The Morgan fingerprint density at radius 1 is 1.19 bits per heavy atom. The van der Waals surface area contributed by atoms with Crippen LogP contribution in [0.4, 0.5) is 0 Å². The lowest BCUT2D eigenvalue weighted by molar-refractivity contribution is 0.374. The highest BCUT2D eigenvalue weighted by molar-refractivity contribution is 5.86. The van der Waals surface area contributed by atoms with Crippen LogP contribution in [0.1, 0.15) is 30.0 Å². The molecule has 0 amide bonds. The Labute approximate surface area is 165 Å². The van der Waals surface area contributed by atoms with Crippen molar-refractivity contribution in [1.82, 2.24) is 19.9 Å². The first-order valence-corrected chi connectivity index (χ1v) is 8.51. The van der Waals surface area contributed by atoms with E-state index in [9.17, 15) is 4.79 Å². The summed E-state index contributed by atoms with van der Waals surface area (Å²) in [6.45, 7) is 6.09.